The topological polar surface area (TPSA) is 12.0 Å². The van der Waals surface area contributed by atoms with Crippen molar-refractivity contribution in [3.05, 3.63) is 55.1 Å². The minimum absolute atomic E-state index is 0.334. The monoisotopic (exact) mass is 371 g/mol. The average molecular weight is 373 g/mol. The summed E-state index contributed by atoms with van der Waals surface area (Å²) in [5, 5.41) is 3.64. The Morgan fingerprint density at radius 1 is 1.30 bits per heavy atom. The van der Waals surface area contributed by atoms with Crippen LogP contribution in [0.2, 0.25) is 4.34 Å². The molecule has 2 aromatic rings. The Kier molecular flexibility index (Phi) is 6.09. The highest BCUT2D eigenvalue weighted by molar-refractivity contribution is 9.10. The van der Waals surface area contributed by atoms with Crippen LogP contribution in [0, 0.1) is 6.92 Å². The molecular formula is C16H19BrClNS. The fraction of sp³-hybridized carbons (Fsp3) is 0.375. The van der Waals surface area contributed by atoms with Crippen LogP contribution in [0.15, 0.2) is 34.8 Å². The lowest BCUT2D eigenvalue weighted by atomic mass is 10.0. The molecule has 1 nitrogen and oxygen atoms in total. The van der Waals surface area contributed by atoms with Crippen LogP contribution in [-0.2, 0) is 6.42 Å². The van der Waals surface area contributed by atoms with Gasteiger partial charge in [0.05, 0.1) is 4.34 Å². The van der Waals surface area contributed by atoms with Crippen LogP contribution in [-0.4, -0.2) is 6.54 Å². The molecule has 0 spiro atoms. The lowest BCUT2D eigenvalue weighted by Crippen LogP contribution is -2.24. The van der Waals surface area contributed by atoms with Gasteiger partial charge in [-0.1, -0.05) is 40.5 Å². The normalized spacial score (nSPS) is 12.6. The van der Waals surface area contributed by atoms with E-state index in [1.807, 2.05) is 6.07 Å². The molecule has 0 bridgehead atoms. The molecular weight excluding hydrogens is 354 g/mol. The Morgan fingerprint density at radius 2 is 2.10 bits per heavy atom. The van der Waals surface area contributed by atoms with Crippen molar-refractivity contribution < 1.29 is 0 Å². The van der Waals surface area contributed by atoms with E-state index >= 15 is 0 Å². The number of halogens is 2. The Morgan fingerprint density at radius 3 is 2.70 bits per heavy atom. The highest BCUT2D eigenvalue weighted by Gasteiger charge is 2.14. The maximum atomic E-state index is 6.04. The number of rotatable bonds is 6. The highest BCUT2D eigenvalue weighted by Crippen LogP contribution is 2.28. The van der Waals surface area contributed by atoms with Gasteiger partial charge in [-0.3, -0.25) is 0 Å². The van der Waals surface area contributed by atoms with Crippen LogP contribution in [0.1, 0.15) is 35.4 Å². The van der Waals surface area contributed by atoms with E-state index in [0.717, 1.165) is 28.2 Å². The molecule has 20 heavy (non-hydrogen) atoms. The fourth-order valence-corrected chi connectivity index (χ4v) is 4.01. The summed E-state index contributed by atoms with van der Waals surface area (Å²) in [6, 6.07) is 11.0. The summed E-state index contributed by atoms with van der Waals surface area (Å²) < 4.78 is 2.00. The first-order chi connectivity index (χ1) is 9.58. The molecule has 108 valence electrons. The molecule has 1 aromatic carbocycles. The first-order valence-corrected chi connectivity index (χ1v) is 8.82. The maximum absolute atomic E-state index is 6.04. The van der Waals surface area contributed by atoms with Crippen molar-refractivity contribution >= 4 is 38.9 Å². The zero-order valence-corrected chi connectivity index (χ0v) is 14.9. The number of nitrogens with one attached hydrogen (secondary N) is 1. The molecule has 0 fully saturated rings. The van der Waals surface area contributed by atoms with Crippen molar-refractivity contribution in [1.82, 2.24) is 5.32 Å². The standard InChI is InChI=1S/C16H19BrClNS/c1-3-6-19-15(10-14-4-5-16(18)20-14)12-7-11(2)8-13(17)9-12/h4-5,7-9,15,19H,3,6,10H2,1-2H3. The fourth-order valence-electron chi connectivity index (χ4n) is 2.25. The molecule has 4 heteroatoms. The van der Waals surface area contributed by atoms with Gasteiger partial charge < -0.3 is 5.32 Å². The average Bonchev–Trinajstić information content (AvgIpc) is 2.79. The lowest BCUT2D eigenvalue weighted by molar-refractivity contribution is 0.532. The van der Waals surface area contributed by atoms with Crippen LogP contribution >= 0.6 is 38.9 Å². The minimum Gasteiger partial charge on any atom is -0.310 e. The molecule has 0 amide bonds. The van der Waals surface area contributed by atoms with E-state index in [1.165, 1.54) is 16.0 Å². The number of thiophene rings is 1. The van der Waals surface area contributed by atoms with Crippen LogP contribution < -0.4 is 5.32 Å². The second-order valence-corrected chi connectivity index (χ2v) is 7.69. The van der Waals surface area contributed by atoms with Gasteiger partial charge in [-0.25, -0.2) is 0 Å². The molecule has 0 aliphatic heterocycles. The summed E-state index contributed by atoms with van der Waals surface area (Å²) in [6.45, 7) is 5.35. The van der Waals surface area contributed by atoms with Gasteiger partial charge in [0, 0.05) is 21.8 Å². The van der Waals surface area contributed by atoms with Crippen molar-refractivity contribution in [2.75, 3.05) is 6.54 Å². The first kappa shape index (κ1) is 16.0. The Bertz CT molecular complexity index is 547. The highest BCUT2D eigenvalue weighted by atomic mass is 79.9. The second-order valence-electron chi connectivity index (χ2n) is 4.98. The van der Waals surface area contributed by atoms with E-state index in [0.29, 0.717) is 6.04 Å². The number of hydrogen-bond donors (Lipinski definition) is 1. The zero-order chi connectivity index (χ0) is 14.5. The summed E-state index contributed by atoms with van der Waals surface area (Å²) in [5.74, 6) is 0. The van der Waals surface area contributed by atoms with Crippen LogP contribution in [0.25, 0.3) is 0 Å². The van der Waals surface area contributed by atoms with E-state index in [1.54, 1.807) is 11.3 Å². The molecule has 0 radical (unpaired) electrons. The van der Waals surface area contributed by atoms with E-state index in [9.17, 15) is 0 Å². The van der Waals surface area contributed by atoms with Crippen molar-refractivity contribution in [3.63, 3.8) is 0 Å². The van der Waals surface area contributed by atoms with Gasteiger partial charge in [-0.15, -0.1) is 11.3 Å². The van der Waals surface area contributed by atoms with E-state index in [2.05, 4.69) is 59.4 Å². The van der Waals surface area contributed by atoms with Gasteiger partial charge in [0.15, 0.2) is 0 Å². The van der Waals surface area contributed by atoms with Gasteiger partial charge in [-0.05, 0) is 55.3 Å². The van der Waals surface area contributed by atoms with Gasteiger partial charge >= 0.3 is 0 Å². The van der Waals surface area contributed by atoms with Crippen LogP contribution in [0.4, 0.5) is 0 Å². The van der Waals surface area contributed by atoms with Gasteiger partial charge in [-0.2, -0.15) is 0 Å². The lowest BCUT2D eigenvalue weighted by Gasteiger charge is -2.19. The quantitative estimate of drug-likeness (QED) is 0.680. The molecule has 1 aromatic heterocycles. The SMILES string of the molecule is CCCNC(Cc1ccc(Cl)s1)c1cc(C)cc(Br)c1. The molecule has 2 rings (SSSR count). The van der Waals surface area contributed by atoms with Crippen molar-refractivity contribution in [2.45, 2.75) is 32.7 Å². The molecule has 1 heterocycles. The molecule has 1 unspecified atom stereocenters. The molecule has 0 saturated carbocycles. The molecule has 0 aliphatic rings. The van der Waals surface area contributed by atoms with Crippen LogP contribution in [0.3, 0.4) is 0 Å². The molecule has 1 N–H and O–H groups in total. The minimum atomic E-state index is 0.334. The summed E-state index contributed by atoms with van der Waals surface area (Å²) in [5.41, 5.74) is 2.61. The smallest absolute Gasteiger partial charge is 0.0931 e. The largest absolute Gasteiger partial charge is 0.310 e. The summed E-state index contributed by atoms with van der Waals surface area (Å²) in [4.78, 5) is 1.32. The van der Waals surface area contributed by atoms with Gasteiger partial charge in [0.2, 0.25) is 0 Å². The third kappa shape index (κ3) is 4.59. The van der Waals surface area contributed by atoms with E-state index < -0.39 is 0 Å². The van der Waals surface area contributed by atoms with Gasteiger partial charge in [0.25, 0.3) is 0 Å². The summed E-state index contributed by atoms with van der Waals surface area (Å²) in [7, 11) is 0. The van der Waals surface area contributed by atoms with E-state index in [4.69, 9.17) is 11.6 Å². The van der Waals surface area contributed by atoms with Crippen LogP contribution in [0.5, 0.6) is 0 Å². The number of aryl methyl sites for hydroxylation is 1. The first-order valence-electron chi connectivity index (χ1n) is 6.83. The molecule has 1 atom stereocenters. The second kappa shape index (κ2) is 7.60. The predicted octanol–water partition coefficient (Wildman–Crippen LogP) is 5.76. The van der Waals surface area contributed by atoms with Crippen molar-refractivity contribution in [3.8, 4) is 0 Å². The maximum Gasteiger partial charge on any atom is 0.0931 e. The Labute approximate surface area is 138 Å². The Balaban J connectivity index is 2.21. The third-order valence-corrected chi connectivity index (χ3v) is 4.85. The van der Waals surface area contributed by atoms with E-state index in [-0.39, 0.29) is 0 Å². The molecule has 0 saturated heterocycles. The van der Waals surface area contributed by atoms with Crippen molar-refractivity contribution in [2.24, 2.45) is 0 Å². The third-order valence-electron chi connectivity index (χ3n) is 3.14. The van der Waals surface area contributed by atoms with Gasteiger partial charge in [0.1, 0.15) is 0 Å². The predicted molar refractivity (Wildman–Crippen MR) is 92.9 cm³/mol. The summed E-state index contributed by atoms with van der Waals surface area (Å²) in [6.07, 6.45) is 2.11. The number of benzene rings is 1. The number of hydrogen-bond acceptors (Lipinski definition) is 2. The summed E-state index contributed by atoms with van der Waals surface area (Å²) >= 11 is 11.3. The van der Waals surface area contributed by atoms with Crippen molar-refractivity contribution in [1.29, 1.82) is 0 Å². The Hall–Kier alpha value is -0.350. The zero-order valence-electron chi connectivity index (χ0n) is 11.7. The molecule has 0 aliphatic carbocycles.